The molecule has 0 N–H and O–H groups in total. The molecule has 1 unspecified atom stereocenters. The number of hydrogen-bond donors (Lipinski definition) is 0. The molecule has 3 aromatic carbocycles. The summed E-state index contributed by atoms with van der Waals surface area (Å²) in [5.74, 6) is 2.59. The number of ether oxygens (including phenoxy) is 2. The monoisotopic (exact) mass is 489 g/mol. The Kier molecular flexibility index (Phi) is 6.39. The van der Waals surface area contributed by atoms with Crippen LogP contribution in [0.15, 0.2) is 60.7 Å². The lowest BCUT2D eigenvalue weighted by molar-refractivity contribution is -0.117. The van der Waals surface area contributed by atoms with Gasteiger partial charge in [0.2, 0.25) is 5.91 Å². The van der Waals surface area contributed by atoms with Gasteiger partial charge in [0.15, 0.2) is 0 Å². The number of aromatic nitrogens is 2. The number of amides is 1. The molecule has 180 valence electrons. The van der Waals surface area contributed by atoms with Crippen LogP contribution in [0.4, 0.5) is 5.69 Å². The third kappa shape index (κ3) is 4.58. The van der Waals surface area contributed by atoms with Gasteiger partial charge in [0.25, 0.3) is 0 Å². The highest BCUT2D eigenvalue weighted by Gasteiger charge is 2.34. The number of methoxy groups -OCH3 is 1. The third-order valence-corrected chi connectivity index (χ3v) is 7.15. The van der Waals surface area contributed by atoms with Crippen LogP contribution >= 0.6 is 11.6 Å². The predicted octanol–water partition coefficient (Wildman–Crippen LogP) is 5.91. The van der Waals surface area contributed by atoms with Crippen LogP contribution in [0.25, 0.3) is 11.0 Å². The fourth-order valence-corrected chi connectivity index (χ4v) is 4.89. The number of carbonyl (C=O) groups is 1. The Morgan fingerprint density at radius 1 is 1.03 bits per heavy atom. The quantitative estimate of drug-likeness (QED) is 0.323. The number of hydrogen-bond acceptors (Lipinski definition) is 4. The van der Waals surface area contributed by atoms with Crippen LogP contribution in [0.2, 0.25) is 5.02 Å². The lowest BCUT2D eigenvalue weighted by Crippen LogP contribution is -2.24. The first-order chi connectivity index (χ1) is 16.9. The Morgan fingerprint density at radius 2 is 1.74 bits per heavy atom. The molecule has 4 aromatic rings. The molecule has 0 spiro atoms. The molecule has 0 saturated carbocycles. The number of nitrogens with zero attached hydrogens (tertiary/aromatic N) is 3. The van der Waals surface area contributed by atoms with Crippen LogP contribution in [0, 0.1) is 13.8 Å². The maximum atomic E-state index is 13.0. The van der Waals surface area contributed by atoms with Gasteiger partial charge < -0.3 is 18.9 Å². The fraction of sp³-hybridized carbons (Fsp3) is 0.286. The lowest BCUT2D eigenvalue weighted by Gasteiger charge is -2.18. The van der Waals surface area contributed by atoms with Gasteiger partial charge in [-0.15, -0.1) is 0 Å². The van der Waals surface area contributed by atoms with Crippen LogP contribution in [0.5, 0.6) is 11.5 Å². The summed E-state index contributed by atoms with van der Waals surface area (Å²) in [6.07, 6.45) is 0.422. The number of fused-ring (bicyclic) bond motifs is 1. The minimum Gasteiger partial charge on any atom is -0.497 e. The molecule has 6 nitrogen and oxygen atoms in total. The van der Waals surface area contributed by atoms with Crippen LogP contribution in [-0.2, 0) is 11.3 Å². The molecule has 1 aliphatic heterocycles. The highest BCUT2D eigenvalue weighted by Crippen LogP contribution is 2.34. The highest BCUT2D eigenvalue weighted by atomic mass is 35.5. The minimum absolute atomic E-state index is 0.00276. The highest BCUT2D eigenvalue weighted by molar-refractivity contribution is 6.32. The summed E-state index contributed by atoms with van der Waals surface area (Å²) in [7, 11) is 1.63. The molecule has 2 heterocycles. The Hall–Kier alpha value is -3.51. The van der Waals surface area contributed by atoms with E-state index in [1.165, 1.54) is 0 Å². The van der Waals surface area contributed by atoms with Crippen LogP contribution in [0.3, 0.4) is 0 Å². The second-order valence-electron chi connectivity index (χ2n) is 8.93. The molecule has 1 aliphatic rings. The normalized spacial score (nSPS) is 15.7. The van der Waals surface area contributed by atoms with Gasteiger partial charge >= 0.3 is 0 Å². The summed E-state index contributed by atoms with van der Waals surface area (Å²) in [5, 5.41) is 0.771. The molecule has 1 saturated heterocycles. The van der Waals surface area contributed by atoms with E-state index in [0.717, 1.165) is 50.2 Å². The Balaban J connectivity index is 1.38. The molecule has 5 rings (SSSR count). The van der Waals surface area contributed by atoms with Gasteiger partial charge in [-0.2, -0.15) is 0 Å². The number of halogens is 1. The molecule has 1 fully saturated rings. The van der Waals surface area contributed by atoms with Gasteiger partial charge in [-0.05, 0) is 73.5 Å². The summed E-state index contributed by atoms with van der Waals surface area (Å²) in [4.78, 5) is 19.7. The fourth-order valence-electron chi connectivity index (χ4n) is 4.78. The summed E-state index contributed by atoms with van der Waals surface area (Å²) in [5.41, 5.74) is 4.84. The van der Waals surface area contributed by atoms with Gasteiger partial charge in [0.05, 0.1) is 24.7 Å². The van der Waals surface area contributed by atoms with E-state index in [4.69, 9.17) is 26.1 Å². The summed E-state index contributed by atoms with van der Waals surface area (Å²) >= 11 is 6.30. The SMILES string of the molecule is COc1ccc(N2CC(c3nc4ccccc4n3CCOc3cc(C)c(Cl)c(C)c3)CC2=O)cc1. The summed E-state index contributed by atoms with van der Waals surface area (Å²) in [6, 6.07) is 19.6. The van der Waals surface area contributed by atoms with Crippen molar-refractivity contribution in [3.8, 4) is 11.5 Å². The second kappa shape index (κ2) is 9.62. The maximum Gasteiger partial charge on any atom is 0.227 e. The van der Waals surface area contributed by atoms with Crippen LogP contribution in [-0.4, -0.2) is 35.7 Å². The van der Waals surface area contributed by atoms with Crippen molar-refractivity contribution in [2.24, 2.45) is 0 Å². The van der Waals surface area contributed by atoms with Crippen LogP contribution < -0.4 is 14.4 Å². The van der Waals surface area contributed by atoms with Gasteiger partial charge in [0.1, 0.15) is 23.9 Å². The van der Waals surface area contributed by atoms with Crippen molar-refractivity contribution in [1.29, 1.82) is 0 Å². The van der Waals surface area contributed by atoms with Crippen molar-refractivity contribution in [1.82, 2.24) is 9.55 Å². The van der Waals surface area contributed by atoms with Gasteiger partial charge in [-0.25, -0.2) is 4.98 Å². The Morgan fingerprint density at radius 3 is 2.46 bits per heavy atom. The van der Waals surface area contributed by atoms with E-state index in [-0.39, 0.29) is 11.8 Å². The zero-order valence-corrected chi connectivity index (χ0v) is 20.9. The van der Waals surface area contributed by atoms with E-state index in [0.29, 0.717) is 26.1 Å². The molecule has 1 aromatic heterocycles. The number of aryl methyl sites for hydroxylation is 2. The van der Waals surface area contributed by atoms with E-state index in [1.54, 1.807) is 7.11 Å². The summed E-state index contributed by atoms with van der Waals surface area (Å²) < 4.78 is 13.5. The molecular weight excluding hydrogens is 462 g/mol. The standard InChI is InChI=1S/C28H28ClN3O3/c1-18-14-23(15-19(2)27(18)29)35-13-12-31-25-7-5-4-6-24(25)30-28(31)20-16-26(33)32(17-20)21-8-10-22(34-3)11-9-21/h4-11,14-15,20H,12-13,16-17H2,1-3H3. The molecule has 0 radical (unpaired) electrons. The number of rotatable bonds is 7. The van der Waals surface area contributed by atoms with E-state index in [1.807, 2.05) is 73.3 Å². The molecule has 1 amide bonds. The van der Waals surface area contributed by atoms with Crippen molar-refractivity contribution < 1.29 is 14.3 Å². The number of anilines is 1. The van der Waals surface area contributed by atoms with Crippen molar-refractivity contribution in [2.75, 3.05) is 25.2 Å². The van der Waals surface area contributed by atoms with Crippen molar-refractivity contribution in [3.05, 3.63) is 82.6 Å². The number of carbonyl (C=O) groups excluding carboxylic acids is 1. The first-order valence-corrected chi connectivity index (χ1v) is 12.1. The molecule has 0 aliphatic carbocycles. The largest absolute Gasteiger partial charge is 0.497 e. The molecule has 1 atom stereocenters. The Labute approximate surface area is 210 Å². The van der Waals surface area contributed by atoms with Gasteiger partial charge in [-0.3, -0.25) is 4.79 Å². The first-order valence-electron chi connectivity index (χ1n) is 11.7. The molecule has 7 heteroatoms. The first kappa shape index (κ1) is 23.2. The average molecular weight is 490 g/mol. The average Bonchev–Trinajstić information content (AvgIpc) is 3.43. The van der Waals surface area contributed by atoms with E-state index < -0.39 is 0 Å². The zero-order chi connectivity index (χ0) is 24.5. The second-order valence-corrected chi connectivity index (χ2v) is 9.31. The molecule has 0 bridgehead atoms. The van der Waals surface area contributed by atoms with E-state index in [2.05, 4.69) is 10.6 Å². The molecular formula is C28H28ClN3O3. The van der Waals surface area contributed by atoms with E-state index >= 15 is 0 Å². The topological polar surface area (TPSA) is 56.6 Å². The minimum atomic E-state index is -0.00276. The van der Waals surface area contributed by atoms with Gasteiger partial charge in [0, 0.05) is 29.6 Å². The van der Waals surface area contributed by atoms with Crippen LogP contribution in [0.1, 0.15) is 29.3 Å². The predicted molar refractivity (Wildman–Crippen MR) is 139 cm³/mol. The molecule has 35 heavy (non-hydrogen) atoms. The smallest absolute Gasteiger partial charge is 0.227 e. The van der Waals surface area contributed by atoms with Crippen molar-refractivity contribution in [3.63, 3.8) is 0 Å². The lowest BCUT2D eigenvalue weighted by atomic mass is 10.1. The maximum absolute atomic E-state index is 13.0. The van der Waals surface area contributed by atoms with E-state index in [9.17, 15) is 4.79 Å². The van der Waals surface area contributed by atoms with Crippen molar-refractivity contribution >= 4 is 34.2 Å². The third-order valence-electron chi connectivity index (χ3n) is 6.55. The van der Waals surface area contributed by atoms with Crippen molar-refractivity contribution in [2.45, 2.75) is 32.7 Å². The Bertz CT molecular complexity index is 1360. The van der Waals surface area contributed by atoms with Gasteiger partial charge in [-0.1, -0.05) is 23.7 Å². The number of imidazole rings is 1. The number of para-hydroxylation sites is 2. The summed E-state index contributed by atoms with van der Waals surface area (Å²) in [6.45, 7) is 5.66. The zero-order valence-electron chi connectivity index (χ0n) is 20.1. The number of benzene rings is 3.